The second kappa shape index (κ2) is 5.34. The highest BCUT2D eigenvalue weighted by Crippen LogP contribution is 2.34. The number of pyridine rings is 1. The third kappa shape index (κ3) is 2.39. The van der Waals surface area contributed by atoms with Gasteiger partial charge in [0.15, 0.2) is 6.10 Å². The number of hydrogen-bond acceptors (Lipinski definition) is 6. The summed E-state index contributed by atoms with van der Waals surface area (Å²) in [6, 6.07) is 5.44. The molecule has 114 valence electrons. The van der Waals surface area contributed by atoms with E-state index >= 15 is 0 Å². The molecule has 2 aromatic rings. The molecule has 3 heterocycles. The standard InChI is InChI=1S/C15H16N4O3/c1-3-11(20)13(21)19-8-15(2,9-19)14-18-17-12(22-14)10-6-4-5-7-16-10/h3-7,11,20H,1,8-9H2,2H3. The first-order valence-corrected chi connectivity index (χ1v) is 6.88. The molecule has 22 heavy (non-hydrogen) atoms. The SMILES string of the molecule is C=CC(O)C(=O)N1CC(C)(c2nnc(-c3ccccn3)o2)C1. The van der Waals surface area contributed by atoms with Crippen molar-refractivity contribution < 1.29 is 14.3 Å². The molecule has 1 amide bonds. The number of likely N-dealkylation sites (tertiary alicyclic amines) is 1. The predicted molar refractivity (Wildman–Crippen MR) is 77.7 cm³/mol. The summed E-state index contributed by atoms with van der Waals surface area (Å²) >= 11 is 0. The van der Waals surface area contributed by atoms with Crippen molar-refractivity contribution in [1.29, 1.82) is 0 Å². The van der Waals surface area contributed by atoms with Crippen molar-refractivity contribution >= 4 is 5.91 Å². The Hall–Kier alpha value is -2.54. The summed E-state index contributed by atoms with van der Waals surface area (Å²) in [5.41, 5.74) is 0.204. The second-order valence-electron chi connectivity index (χ2n) is 5.56. The molecule has 0 radical (unpaired) electrons. The zero-order valence-corrected chi connectivity index (χ0v) is 12.1. The molecule has 0 aromatic carbocycles. The quantitative estimate of drug-likeness (QED) is 0.839. The Kier molecular flexibility index (Phi) is 3.50. The van der Waals surface area contributed by atoms with Gasteiger partial charge in [-0.3, -0.25) is 9.78 Å². The highest BCUT2D eigenvalue weighted by atomic mass is 16.4. The zero-order chi connectivity index (χ0) is 15.7. The Labute approximate surface area is 127 Å². The topological polar surface area (TPSA) is 92.3 Å². The van der Waals surface area contributed by atoms with Gasteiger partial charge in [-0.2, -0.15) is 0 Å². The minimum absolute atomic E-state index is 0.354. The highest BCUT2D eigenvalue weighted by Gasteiger charge is 2.47. The van der Waals surface area contributed by atoms with Crippen molar-refractivity contribution in [2.75, 3.05) is 13.1 Å². The van der Waals surface area contributed by atoms with Crippen molar-refractivity contribution in [3.8, 4) is 11.6 Å². The lowest BCUT2D eigenvalue weighted by atomic mass is 9.81. The first-order valence-electron chi connectivity index (χ1n) is 6.88. The molecule has 1 unspecified atom stereocenters. The maximum Gasteiger partial charge on any atom is 0.266 e. The molecule has 1 N–H and O–H groups in total. The normalized spacial score (nSPS) is 17.6. The lowest BCUT2D eigenvalue weighted by Crippen LogP contribution is -2.61. The lowest BCUT2D eigenvalue weighted by molar-refractivity contribution is -0.145. The van der Waals surface area contributed by atoms with E-state index in [0.29, 0.717) is 30.6 Å². The number of aromatic nitrogens is 3. The van der Waals surface area contributed by atoms with Gasteiger partial charge in [0.1, 0.15) is 5.69 Å². The third-order valence-corrected chi connectivity index (χ3v) is 3.69. The monoisotopic (exact) mass is 300 g/mol. The van der Waals surface area contributed by atoms with Crippen LogP contribution in [0.2, 0.25) is 0 Å². The van der Waals surface area contributed by atoms with E-state index in [1.54, 1.807) is 12.3 Å². The molecule has 0 bridgehead atoms. The third-order valence-electron chi connectivity index (χ3n) is 3.69. The van der Waals surface area contributed by atoms with Crippen LogP contribution in [0.3, 0.4) is 0 Å². The molecule has 2 aromatic heterocycles. The fourth-order valence-corrected chi connectivity index (χ4v) is 2.44. The molecular formula is C15H16N4O3. The van der Waals surface area contributed by atoms with Gasteiger partial charge >= 0.3 is 0 Å². The summed E-state index contributed by atoms with van der Waals surface area (Å²) in [5, 5.41) is 17.6. The molecule has 3 rings (SSSR count). The fraction of sp³-hybridized carbons (Fsp3) is 0.333. The van der Waals surface area contributed by atoms with Crippen molar-refractivity contribution in [3.63, 3.8) is 0 Å². The van der Waals surface area contributed by atoms with E-state index in [-0.39, 0.29) is 5.91 Å². The number of aliphatic hydroxyl groups excluding tert-OH is 1. The van der Waals surface area contributed by atoms with Crippen molar-refractivity contribution in [3.05, 3.63) is 42.9 Å². The minimum Gasteiger partial charge on any atom is -0.419 e. The average Bonchev–Trinajstić information content (AvgIpc) is 3.01. The van der Waals surface area contributed by atoms with Crippen LogP contribution < -0.4 is 0 Å². The number of rotatable bonds is 4. The molecule has 1 saturated heterocycles. The lowest BCUT2D eigenvalue weighted by Gasteiger charge is -2.45. The van der Waals surface area contributed by atoms with Gasteiger partial charge in [0, 0.05) is 19.3 Å². The predicted octanol–water partition coefficient (Wildman–Crippen LogP) is 0.778. The molecule has 1 aliphatic rings. The van der Waals surface area contributed by atoms with E-state index in [2.05, 4.69) is 21.8 Å². The highest BCUT2D eigenvalue weighted by molar-refractivity contribution is 5.83. The first kappa shape index (κ1) is 14.4. The smallest absolute Gasteiger partial charge is 0.266 e. The van der Waals surface area contributed by atoms with E-state index < -0.39 is 11.5 Å². The van der Waals surface area contributed by atoms with E-state index in [1.165, 1.54) is 11.0 Å². The van der Waals surface area contributed by atoms with Crippen LogP contribution in [0, 0.1) is 0 Å². The largest absolute Gasteiger partial charge is 0.419 e. The van der Waals surface area contributed by atoms with Gasteiger partial charge in [-0.05, 0) is 19.1 Å². The summed E-state index contributed by atoms with van der Waals surface area (Å²) < 4.78 is 5.69. The number of nitrogens with zero attached hydrogens (tertiary/aromatic N) is 4. The molecule has 0 saturated carbocycles. The van der Waals surface area contributed by atoms with Gasteiger partial charge < -0.3 is 14.4 Å². The zero-order valence-electron chi connectivity index (χ0n) is 12.1. The minimum atomic E-state index is -1.17. The van der Waals surface area contributed by atoms with Crippen molar-refractivity contribution in [2.45, 2.75) is 18.4 Å². The van der Waals surface area contributed by atoms with E-state index in [9.17, 15) is 9.90 Å². The molecule has 0 aliphatic carbocycles. The Balaban J connectivity index is 1.73. The maximum absolute atomic E-state index is 11.8. The summed E-state index contributed by atoms with van der Waals surface area (Å²) in [5.74, 6) is 0.454. The van der Waals surface area contributed by atoms with Gasteiger partial charge in [0.05, 0.1) is 5.41 Å². The maximum atomic E-state index is 11.8. The van der Waals surface area contributed by atoms with Crippen LogP contribution in [0.5, 0.6) is 0 Å². The fourth-order valence-electron chi connectivity index (χ4n) is 2.44. The molecule has 1 aliphatic heterocycles. The Morgan fingerprint density at radius 1 is 1.50 bits per heavy atom. The number of carbonyl (C=O) groups excluding carboxylic acids is 1. The van der Waals surface area contributed by atoms with E-state index in [1.807, 2.05) is 19.1 Å². The molecule has 1 atom stereocenters. The first-order chi connectivity index (χ1) is 10.5. The van der Waals surface area contributed by atoms with Crippen LogP contribution in [-0.4, -0.2) is 50.3 Å². The summed E-state index contributed by atoms with van der Waals surface area (Å²) in [7, 11) is 0. The second-order valence-corrected chi connectivity index (χ2v) is 5.56. The van der Waals surface area contributed by atoms with Gasteiger partial charge in [0.25, 0.3) is 11.8 Å². The number of amides is 1. The number of carbonyl (C=O) groups is 1. The number of hydrogen-bond donors (Lipinski definition) is 1. The summed E-state index contributed by atoms with van der Waals surface area (Å²) in [6.45, 7) is 6.18. The number of aliphatic hydroxyl groups is 1. The van der Waals surface area contributed by atoms with Gasteiger partial charge in [-0.25, -0.2) is 0 Å². The Morgan fingerprint density at radius 3 is 2.91 bits per heavy atom. The molecule has 7 heteroatoms. The Bertz CT molecular complexity index is 692. The average molecular weight is 300 g/mol. The van der Waals surface area contributed by atoms with Gasteiger partial charge in [0.2, 0.25) is 5.89 Å². The van der Waals surface area contributed by atoms with Crippen LogP contribution >= 0.6 is 0 Å². The van der Waals surface area contributed by atoms with E-state index in [4.69, 9.17) is 4.42 Å². The molecular weight excluding hydrogens is 284 g/mol. The van der Waals surface area contributed by atoms with Crippen LogP contribution in [0.4, 0.5) is 0 Å². The van der Waals surface area contributed by atoms with Crippen molar-refractivity contribution in [2.24, 2.45) is 0 Å². The molecule has 0 spiro atoms. The summed E-state index contributed by atoms with van der Waals surface area (Å²) in [4.78, 5) is 17.5. The van der Waals surface area contributed by atoms with Crippen LogP contribution in [0.1, 0.15) is 12.8 Å². The molecule has 7 nitrogen and oxygen atoms in total. The van der Waals surface area contributed by atoms with Gasteiger partial charge in [-0.1, -0.05) is 18.7 Å². The van der Waals surface area contributed by atoms with Crippen LogP contribution in [0.25, 0.3) is 11.6 Å². The van der Waals surface area contributed by atoms with Crippen LogP contribution in [-0.2, 0) is 10.2 Å². The molecule has 1 fully saturated rings. The Morgan fingerprint density at radius 2 is 2.27 bits per heavy atom. The van der Waals surface area contributed by atoms with Crippen LogP contribution in [0.15, 0.2) is 41.5 Å². The van der Waals surface area contributed by atoms with Gasteiger partial charge in [-0.15, -0.1) is 10.2 Å². The summed E-state index contributed by atoms with van der Waals surface area (Å²) in [6.07, 6.45) is 1.70. The van der Waals surface area contributed by atoms with Crippen molar-refractivity contribution in [1.82, 2.24) is 20.1 Å². The van der Waals surface area contributed by atoms with E-state index in [0.717, 1.165) is 0 Å².